The molecule has 0 radical (unpaired) electrons. The predicted molar refractivity (Wildman–Crippen MR) is 91.8 cm³/mol. The molecule has 0 amide bonds. The van der Waals surface area contributed by atoms with Crippen LogP contribution in [0, 0.1) is 5.82 Å². The van der Waals surface area contributed by atoms with Crippen molar-refractivity contribution in [1.29, 1.82) is 0 Å². The van der Waals surface area contributed by atoms with Crippen LogP contribution in [0.4, 0.5) is 4.39 Å². The van der Waals surface area contributed by atoms with E-state index >= 15 is 0 Å². The highest BCUT2D eigenvalue weighted by atomic mass is 19.1. The van der Waals surface area contributed by atoms with Crippen molar-refractivity contribution in [3.05, 3.63) is 72.0 Å². The Kier molecular flexibility index (Phi) is 3.96. The number of carbonyl (C=O) groups excluding carboxylic acids is 1. The maximum atomic E-state index is 13.0. The van der Waals surface area contributed by atoms with Crippen molar-refractivity contribution >= 4 is 16.9 Å². The van der Waals surface area contributed by atoms with E-state index in [1.807, 2.05) is 24.3 Å². The van der Waals surface area contributed by atoms with Gasteiger partial charge in [-0.2, -0.15) is 0 Å². The number of fused-ring (bicyclic) bond motifs is 1. The first-order chi connectivity index (χ1) is 12.6. The fourth-order valence-corrected chi connectivity index (χ4v) is 2.57. The molecule has 4 aromatic rings. The Morgan fingerprint density at radius 2 is 1.92 bits per heavy atom. The number of ether oxygens (including phenoxy) is 1. The van der Waals surface area contributed by atoms with Gasteiger partial charge in [-0.25, -0.2) is 9.18 Å². The molecule has 2 aromatic carbocycles. The molecule has 1 atom stereocenters. The number of halogens is 1. The van der Waals surface area contributed by atoms with E-state index in [1.165, 1.54) is 24.3 Å². The van der Waals surface area contributed by atoms with E-state index in [-0.39, 0.29) is 17.6 Å². The zero-order valence-corrected chi connectivity index (χ0v) is 13.8. The van der Waals surface area contributed by atoms with E-state index < -0.39 is 12.1 Å². The zero-order valence-electron chi connectivity index (χ0n) is 13.8. The molecule has 2 aromatic heterocycles. The normalized spacial score (nSPS) is 12.2. The van der Waals surface area contributed by atoms with Gasteiger partial charge in [-0.15, -0.1) is 10.2 Å². The number of nitrogens with zero attached hydrogens (tertiary/aromatic N) is 2. The van der Waals surface area contributed by atoms with Crippen LogP contribution in [-0.4, -0.2) is 21.2 Å². The average Bonchev–Trinajstić information content (AvgIpc) is 3.29. The molecule has 2 heterocycles. The van der Waals surface area contributed by atoms with Crippen LogP contribution < -0.4 is 0 Å². The van der Waals surface area contributed by atoms with Gasteiger partial charge in [-0.3, -0.25) is 0 Å². The topological polar surface area (TPSA) is 81.0 Å². The van der Waals surface area contributed by atoms with Gasteiger partial charge < -0.3 is 14.1 Å². The molecule has 4 rings (SSSR count). The second kappa shape index (κ2) is 6.44. The van der Waals surface area contributed by atoms with Gasteiger partial charge in [0.15, 0.2) is 6.10 Å². The summed E-state index contributed by atoms with van der Waals surface area (Å²) in [7, 11) is 0. The van der Waals surface area contributed by atoms with Crippen LogP contribution in [0.25, 0.3) is 22.4 Å². The molecule has 0 bridgehead atoms. The molecule has 0 aliphatic rings. The lowest BCUT2D eigenvalue weighted by molar-refractivity contribution is 0.0274. The number of rotatable bonds is 4. The van der Waals surface area contributed by atoms with E-state index in [4.69, 9.17) is 9.15 Å². The summed E-state index contributed by atoms with van der Waals surface area (Å²) in [4.78, 5) is 15.3. The Labute approximate surface area is 147 Å². The van der Waals surface area contributed by atoms with Gasteiger partial charge in [0.25, 0.3) is 5.89 Å². The summed E-state index contributed by atoms with van der Waals surface area (Å²) in [6.07, 6.45) is -0.726. The number of esters is 1. The third-order valence-electron chi connectivity index (χ3n) is 3.91. The minimum absolute atomic E-state index is 0.161. The number of hydrogen-bond donors (Lipinski definition) is 1. The standard InChI is InChI=1S/C19H14FN3O3/c1-11(17-22-23-18(26-17)12-6-8-14(20)9-7-12)25-19(24)16-10-13-4-2-3-5-15(13)21-16/h2-11,21H,1H3/t11-/m1/s1. The highest BCUT2D eigenvalue weighted by Gasteiger charge is 2.21. The van der Waals surface area contributed by atoms with Crippen molar-refractivity contribution in [2.45, 2.75) is 13.0 Å². The van der Waals surface area contributed by atoms with Crippen molar-refractivity contribution < 1.29 is 18.3 Å². The van der Waals surface area contributed by atoms with Gasteiger partial charge in [-0.05, 0) is 43.3 Å². The Morgan fingerprint density at radius 3 is 2.69 bits per heavy atom. The quantitative estimate of drug-likeness (QED) is 0.555. The van der Waals surface area contributed by atoms with Crippen molar-refractivity contribution in [3.8, 4) is 11.5 Å². The highest BCUT2D eigenvalue weighted by molar-refractivity contribution is 5.94. The summed E-state index contributed by atoms with van der Waals surface area (Å²) in [5.41, 5.74) is 1.78. The average molecular weight is 351 g/mol. The molecular formula is C19H14FN3O3. The number of benzene rings is 2. The van der Waals surface area contributed by atoms with Crippen molar-refractivity contribution in [2.75, 3.05) is 0 Å². The summed E-state index contributed by atoms with van der Waals surface area (Å²) in [6.45, 7) is 1.64. The number of carbonyl (C=O) groups is 1. The van der Waals surface area contributed by atoms with Crippen LogP contribution in [-0.2, 0) is 4.74 Å². The molecule has 0 aliphatic heterocycles. The van der Waals surface area contributed by atoms with E-state index in [2.05, 4.69) is 15.2 Å². The first kappa shape index (κ1) is 16.0. The number of H-pyrrole nitrogens is 1. The van der Waals surface area contributed by atoms with E-state index in [0.717, 1.165) is 10.9 Å². The Balaban J connectivity index is 1.50. The molecule has 130 valence electrons. The van der Waals surface area contributed by atoms with Crippen molar-refractivity contribution in [3.63, 3.8) is 0 Å². The number of aromatic amines is 1. The molecular weight excluding hydrogens is 337 g/mol. The van der Waals surface area contributed by atoms with E-state index in [1.54, 1.807) is 13.0 Å². The summed E-state index contributed by atoms with van der Waals surface area (Å²) >= 11 is 0. The molecule has 1 N–H and O–H groups in total. The number of nitrogens with one attached hydrogen (secondary N) is 1. The van der Waals surface area contributed by atoms with Crippen molar-refractivity contribution in [2.24, 2.45) is 0 Å². The third-order valence-corrected chi connectivity index (χ3v) is 3.91. The number of hydrogen-bond acceptors (Lipinski definition) is 5. The van der Waals surface area contributed by atoms with Crippen LogP contribution in [0.2, 0.25) is 0 Å². The molecule has 0 spiro atoms. The van der Waals surface area contributed by atoms with E-state index in [9.17, 15) is 9.18 Å². The lowest BCUT2D eigenvalue weighted by Crippen LogP contribution is -2.09. The van der Waals surface area contributed by atoms with Crippen LogP contribution in [0.3, 0.4) is 0 Å². The molecule has 0 saturated carbocycles. The number of para-hydroxylation sites is 1. The van der Waals surface area contributed by atoms with Gasteiger partial charge in [-0.1, -0.05) is 18.2 Å². The highest BCUT2D eigenvalue weighted by Crippen LogP contribution is 2.24. The smallest absolute Gasteiger partial charge is 0.355 e. The van der Waals surface area contributed by atoms with Gasteiger partial charge in [0.05, 0.1) is 0 Å². The van der Waals surface area contributed by atoms with Crippen molar-refractivity contribution in [1.82, 2.24) is 15.2 Å². The maximum Gasteiger partial charge on any atom is 0.355 e. The minimum atomic E-state index is -0.726. The van der Waals surface area contributed by atoms with Gasteiger partial charge in [0.1, 0.15) is 11.5 Å². The zero-order chi connectivity index (χ0) is 18.1. The second-order valence-electron chi connectivity index (χ2n) is 5.77. The SMILES string of the molecule is C[C@@H](OC(=O)c1cc2ccccc2[nH]1)c1nnc(-c2ccc(F)cc2)o1. The molecule has 6 nitrogen and oxygen atoms in total. The summed E-state index contributed by atoms with van der Waals surface area (Å²) < 4.78 is 23.9. The molecule has 0 unspecified atom stereocenters. The summed E-state index contributed by atoms with van der Waals surface area (Å²) in [6, 6.07) is 15.0. The first-order valence-electron chi connectivity index (χ1n) is 7.98. The Hall–Kier alpha value is -3.48. The van der Waals surface area contributed by atoms with Gasteiger partial charge in [0.2, 0.25) is 5.89 Å². The maximum absolute atomic E-state index is 13.0. The molecule has 7 heteroatoms. The number of aromatic nitrogens is 3. The second-order valence-corrected chi connectivity index (χ2v) is 5.77. The molecule has 0 fully saturated rings. The lowest BCUT2D eigenvalue weighted by atomic mass is 10.2. The van der Waals surface area contributed by atoms with Crippen LogP contribution >= 0.6 is 0 Å². The summed E-state index contributed by atoms with van der Waals surface area (Å²) in [5, 5.41) is 8.74. The fraction of sp³-hybridized carbons (Fsp3) is 0.105. The van der Waals surface area contributed by atoms with E-state index in [0.29, 0.717) is 11.3 Å². The monoisotopic (exact) mass is 351 g/mol. The molecule has 0 saturated heterocycles. The minimum Gasteiger partial charge on any atom is -0.448 e. The van der Waals surface area contributed by atoms with Gasteiger partial charge in [0, 0.05) is 16.5 Å². The van der Waals surface area contributed by atoms with Gasteiger partial charge >= 0.3 is 5.97 Å². The summed E-state index contributed by atoms with van der Waals surface area (Å²) in [5.74, 6) is -0.480. The Bertz CT molecular complexity index is 1040. The molecule has 0 aliphatic carbocycles. The predicted octanol–water partition coefficient (Wildman–Crippen LogP) is 4.28. The third kappa shape index (κ3) is 3.06. The van der Waals surface area contributed by atoms with Crippen LogP contribution in [0.5, 0.6) is 0 Å². The van der Waals surface area contributed by atoms with Crippen LogP contribution in [0.15, 0.2) is 59.0 Å². The molecule has 26 heavy (non-hydrogen) atoms. The Morgan fingerprint density at radius 1 is 1.15 bits per heavy atom. The fourth-order valence-electron chi connectivity index (χ4n) is 2.57. The lowest BCUT2D eigenvalue weighted by Gasteiger charge is -2.08. The van der Waals surface area contributed by atoms with Crippen LogP contribution in [0.1, 0.15) is 29.4 Å². The largest absolute Gasteiger partial charge is 0.448 e. The first-order valence-corrected chi connectivity index (χ1v) is 7.98.